The number of nitrogens with one attached hydrogen (secondary N) is 1. The molecular weight excluding hydrogens is 380 g/mol. The molecule has 1 aromatic carbocycles. The number of hydrogen-bond acceptors (Lipinski definition) is 8. The molecule has 0 spiro atoms. The highest BCUT2D eigenvalue weighted by Gasteiger charge is 2.12. The van der Waals surface area contributed by atoms with Crippen LogP contribution in [-0.2, 0) is 10.5 Å². The lowest BCUT2D eigenvalue weighted by Crippen LogP contribution is -2.06. The zero-order valence-corrected chi connectivity index (χ0v) is 15.5. The van der Waals surface area contributed by atoms with Crippen LogP contribution in [0, 0.1) is 0 Å². The van der Waals surface area contributed by atoms with Gasteiger partial charge in [-0.15, -0.1) is 10.2 Å². The molecule has 0 bridgehead atoms. The van der Waals surface area contributed by atoms with E-state index in [1.54, 1.807) is 42.7 Å². The molecule has 1 N–H and O–H groups in total. The van der Waals surface area contributed by atoms with Crippen molar-refractivity contribution < 1.29 is 13.6 Å². The summed E-state index contributed by atoms with van der Waals surface area (Å²) in [5.41, 5.74) is 2.05. The van der Waals surface area contributed by atoms with E-state index in [1.165, 1.54) is 24.8 Å². The predicted octanol–water partition coefficient (Wildman–Crippen LogP) is 3.49. The Morgan fingerprint density at radius 1 is 1.11 bits per heavy atom. The SMILES string of the molecule is CC(=O)Nc1ccc2c(CSc3nnc(-c4ccncc4)o3)cc(=O)oc2c1. The third-order valence-corrected chi connectivity index (χ3v) is 4.70. The van der Waals surface area contributed by atoms with E-state index in [0.29, 0.717) is 28.1 Å². The Labute approximate surface area is 163 Å². The first kappa shape index (κ1) is 17.9. The number of fused-ring (bicyclic) bond motifs is 1. The molecule has 0 saturated carbocycles. The second-order valence-corrected chi connectivity index (χ2v) is 6.81. The molecule has 0 aliphatic rings. The zero-order chi connectivity index (χ0) is 19.5. The molecule has 4 aromatic rings. The van der Waals surface area contributed by atoms with E-state index in [9.17, 15) is 9.59 Å². The molecule has 3 heterocycles. The first-order chi connectivity index (χ1) is 13.6. The Balaban J connectivity index is 1.57. The quantitative estimate of drug-likeness (QED) is 0.404. The Morgan fingerprint density at radius 3 is 2.71 bits per heavy atom. The summed E-state index contributed by atoms with van der Waals surface area (Å²) in [7, 11) is 0. The van der Waals surface area contributed by atoms with E-state index in [1.807, 2.05) is 0 Å². The highest BCUT2D eigenvalue weighted by atomic mass is 32.2. The Kier molecular flexibility index (Phi) is 4.90. The number of aromatic nitrogens is 3. The van der Waals surface area contributed by atoms with Crippen molar-refractivity contribution in [3.8, 4) is 11.5 Å². The van der Waals surface area contributed by atoms with Gasteiger partial charge < -0.3 is 14.2 Å². The molecule has 3 aromatic heterocycles. The summed E-state index contributed by atoms with van der Waals surface area (Å²) in [5, 5.41) is 11.9. The monoisotopic (exact) mass is 394 g/mol. The van der Waals surface area contributed by atoms with Crippen molar-refractivity contribution in [2.24, 2.45) is 0 Å². The minimum atomic E-state index is -0.467. The van der Waals surface area contributed by atoms with Gasteiger partial charge in [-0.1, -0.05) is 11.8 Å². The molecule has 0 aliphatic heterocycles. The summed E-state index contributed by atoms with van der Waals surface area (Å²) >= 11 is 1.32. The maximum Gasteiger partial charge on any atom is 0.336 e. The van der Waals surface area contributed by atoms with E-state index in [2.05, 4.69) is 20.5 Å². The van der Waals surface area contributed by atoms with Crippen LogP contribution in [0.1, 0.15) is 12.5 Å². The van der Waals surface area contributed by atoms with Gasteiger partial charge in [0.25, 0.3) is 5.22 Å². The summed E-state index contributed by atoms with van der Waals surface area (Å²) in [6.45, 7) is 1.41. The topological polar surface area (TPSA) is 111 Å². The van der Waals surface area contributed by atoms with E-state index in [-0.39, 0.29) is 5.91 Å². The molecule has 140 valence electrons. The molecule has 0 fully saturated rings. The van der Waals surface area contributed by atoms with Gasteiger partial charge in [0, 0.05) is 53.8 Å². The average Bonchev–Trinajstić information content (AvgIpc) is 3.15. The van der Waals surface area contributed by atoms with E-state index in [4.69, 9.17) is 8.83 Å². The van der Waals surface area contributed by atoms with Crippen LogP contribution in [0.3, 0.4) is 0 Å². The molecule has 0 radical (unpaired) electrons. The smallest absolute Gasteiger partial charge is 0.336 e. The van der Waals surface area contributed by atoms with Gasteiger partial charge in [0.2, 0.25) is 11.8 Å². The van der Waals surface area contributed by atoms with Crippen LogP contribution >= 0.6 is 11.8 Å². The van der Waals surface area contributed by atoms with Crippen molar-refractivity contribution in [3.63, 3.8) is 0 Å². The van der Waals surface area contributed by atoms with E-state index in [0.717, 1.165) is 16.5 Å². The molecule has 4 rings (SSSR count). The van der Waals surface area contributed by atoms with E-state index < -0.39 is 5.63 Å². The second kappa shape index (κ2) is 7.65. The van der Waals surface area contributed by atoms with Gasteiger partial charge in [0.15, 0.2) is 0 Å². The fourth-order valence-corrected chi connectivity index (χ4v) is 3.40. The van der Waals surface area contributed by atoms with Crippen LogP contribution in [0.2, 0.25) is 0 Å². The number of amides is 1. The van der Waals surface area contributed by atoms with Crippen molar-refractivity contribution >= 4 is 34.3 Å². The Hall–Kier alpha value is -3.46. The van der Waals surface area contributed by atoms with Crippen molar-refractivity contribution in [3.05, 3.63) is 64.8 Å². The second-order valence-electron chi connectivity index (χ2n) is 5.88. The van der Waals surface area contributed by atoms with Gasteiger partial charge in [0.05, 0.1) is 0 Å². The summed E-state index contributed by atoms with van der Waals surface area (Å²) in [5.74, 6) is 0.650. The van der Waals surface area contributed by atoms with Gasteiger partial charge in [-0.25, -0.2) is 4.79 Å². The highest BCUT2D eigenvalue weighted by molar-refractivity contribution is 7.98. The molecule has 0 unspecified atom stereocenters. The van der Waals surface area contributed by atoms with Gasteiger partial charge in [-0.3, -0.25) is 9.78 Å². The minimum absolute atomic E-state index is 0.199. The van der Waals surface area contributed by atoms with Crippen molar-refractivity contribution in [1.29, 1.82) is 0 Å². The maximum absolute atomic E-state index is 11.9. The first-order valence-corrected chi connectivity index (χ1v) is 9.28. The number of anilines is 1. The molecule has 1 amide bonds. The lowest BCUT2D eigenvalue weighted by atomic mass is 10.1. The van der Waals surface area contributed by atoms with Gasteiger partial charge in [-0.05, 0) is 29.8 Å². The van der Waals surface area contributed by atoms with Gasteiger partial charge in [0.1, 0.15) is 5.58 Å². The lowest BCUT2D eigenvalue weighted by Gasteiger charge is -2.06. The normalized spacial score (nSPS) is 10.9. The number of hydrogen-bond donors (Lipinski definition) is 1. The Bertz CT molecular complexity index is 1200. The number of thioether (sulfide) groups is 1. The highest BCUT2D eigenvalue weighted by Crippen LogP contribution is 2.29. The fourth-order valence-electron chi connectivity index (χ4n) is 2.65. The Morgan fingerprint density at radius 2 is 1.93 bits per heavy atom. The molecular formula is C19H14N4O4S. The van der Waals surface area contributed by atoms with Crippen LogP contribution in [-0.4, -0.2) is 21.1 Å². The van der Waals surface area contributed by atoms with Gasteiger partial charge >= 0.3 is 5.63 Å². The largest absolute Gasteiger partial charge is 0.423 e. The third-order valence-electron chi connectivity index (χ3n) is 3.84. The summed E-state index contributed by atoms with van der Waals surface area (Å²) in [4.78, 5) is 27.1. The van der Waals surface area contributed by atoms with Crippen LogP contribution in [0.5, 0.6) is 0 Å². The maximum atomic E-state index is 11.9. The van der Waals surface area contributed by atoms with Gasteiger partial charge in [-0.2, -0.15) is 0 Å². The average molecular weight is 394 g/mol. The zero-order valence-electron chi connectivity index (χ0n) is 14.7. The molecule has 28 heavy (non-hydrogen) atoms. The molecule has 0 atom stereocenters. The van der Waals surface area contributed by atoms with Crippen LogP contribution in [0.25, 0.3) is 22.4 Å². The minimum Gasteiger partial charge on any atom is -0.423 e. The number of carbonyl (C=O) groups excluding carboxylic acids is 1. The van der Waals surface area contributed by atoms with Crippen LogP contribution in [0.4, 0.5) is 5.69 Å². The van der Waals surface area contributed by atoms with E-state index >= 15 is 0 Å². The summed E-state index contributed by atoms with van der Waals surface area (Å²) < 4.78 is 10.9. The predicted molar refractivity (Wildman–Crippen MR) is 104 cm³/mol. The third kappa shape index (κ3) is 3.94. The molecule has 0 saturated heterocycles. The van der Waals surface area contributed by atoms with Crippen LogP contribution < -0.4 is 10.9 Å². The van der Waals surface area contributed by atoms with Crippen molar-refractivity contribution in [1.82, 2.24) is 15.2 Å². The number of rotatable bonds is 5. The summed E-state index contributed by atoms with van der Waals surface area (Å²) in [6, 6.07) is 10.2. The summed E-state index contributed by atoms with van der Waals surface area (Å²) in [6.07, 6.45) is 3.30. The first-order valence-electron chi connectivity index (χ1n) is 8.29. The van der Waals surface area contributed by atoms with Crippen LogP contribution in [0.15, 0.2) is 67.6 Å². The molecule has 9 heteroatoms. The van der Waals surface area contributed by atoms with Crippen molar-refractivity contribution in [2.75, 3.05) is 5.32 Å². The number of carbonyl (C=O) groups is 1. The fraction of sp³-hybridized carbons (Fsp3) is 0.105. The standard InChI is InChI=1S/C19H14N4O4S/c1-11(24)21-14-2-3-15-13(8-17(25)26-16(15)9-14)10-28-19-23-22-18(27-19)12-4-6-20-7-5-12/h2-9H,10H2,1H3,(H,21,24). The molecule has 8 nitrogen and oxygen atoms in total. The number of benzene rings is 1. The number of pyridine rings is 1. The van der Waals surface area contributed by atoms with Crippen molar-refractivity contribution in [2.45, 2.75) is 17.9 Å². The molecule has 0 aliphatic carbocycles. The lowest BCUT2D eigenvalue weighted by molar-refractivity contribution is -0.114. The number of nitrogens with zero attached hydrogens (tertiary/aromatic N) is 3.